The molecule has 0 amide bonds. The van der Waals surface area contributed by atoms with Crippen molar-refractivity contribution in [2.45, 2.75) is 0 Å². The first-order valence-electron chi connectivity index (χ1n) is 8.14. The first-order valence-corrected chi connectivity index (χ1v) is 9.73. The molecule has 0 heterocycles. The van der Waals surface area contributed by atoms with Crippen molar-refractivity contribution in [3.8, 4) is 5.75 Å². The maximum Gasteiger partial charge on any atom is 0.336 e. The molecule has 3 rings (SSSR count). The van der Waals surface area contributed by atoms with E-state index >= 15 is 0 Å². The smallest absolute Gasteiger partial charge is 0.336 e. The van der Waals surface area contributed by atoms with E-state index in [-0.39, 0.29) is 0 Å². The van der Waals surface area contributed by atoms with Crippen molar-refractivity contribution in [2.24, 2.45) is 4.99 Å². The highest BCUT2D eigenvalue weighted by Gasteiger charge is 2.05. The zero-order chi connectivity index (χ0) is 19.1. The number of hydrogen-bond acceptors (Lipinski definition) is 3. The Balaban J connectivity index is 1.70. The van der Waals surface area contributed by atoms with E-state index in [1.165, 1.54) is 6.08 Å². The van der Waals surface area contributed by atoms with E-state index in [0.29, 0.717) is 5.75 Å². The number of aliphatic imine (C=N–C) groups is 1. The highest BCUT2D eigenvalue weighted by molar-refractivity contribution is 9.10. The van der Waals surface area contributed by atoms with Crippen LogP contribution in [0.4, 0.5) is 5.69 Å². The van der Waals surface area contributed by atoms with Crippen molar-refractivity contribution in [3.05, 3.63) is 98.9 Å². The molecule has 3 aromatic rings. The summed E-state index contributed by atoms with van der Waals surface area (Å²) in [5.41, 5.74) is 2.46. The van der Waals surface area contributed by atoms with Gasteiger partial charge < -0.3 is 4.74 Å². The number of carbonyl (C=O) groups is 1. The molecule has 0 saturated carbocycles. The molecule has 0 aliphatic carbocycles. The Hall–Kier alpha value is -2.50. The Bertz CT molecular complexity index is 978. The first-order chi connectivity index (χ1) is 13.1. The Morgan fingerprint density at radius 1 is 0.852 bits per heavy atom. The van der Waals surface area contributed by atoms with E-state index in [1.54, 1.807) is 18.4 Å². The first kappa shape index (κ1) is 19.3. The molecule has 0 aliphatic rings. The number of ether oxygens (including phenoxy) is 1. The number of benzene rings is 3. The van der Waals surface area contributed by atoms with Gasteiger partial charge in [0.2, 0.25) is 0 Å². The molecular weight excluding hydrogens is 470 g/mol. The van der Waals surface area contributed by atoms with Crippen LogP contribution in [0.25, 0.3) is 6.08 Å². The van der Waals surface area contributed by atoms with Gasteiger partial charge in [0, 0.05) is 26.8 Å². The maximum absolute atomic E-state index is 12.1. The van der Waals surface area contributed by atoms with Crippen LogP contribution in [0.1, 0.15) is 11.1 Å². The standard InChI is InChI=1S/C22H15Br2NO2/c23-18-8-5-16(6-9-18)7-14-22(26)27-21-4-2-1-3-17(21)15-25-20-12-10-19(24)11-13-20/h1-15H/b14-7+,25-15?. The third-order valence-electron chi connectivity index (χ3n) is 3.59. The summed E-state index contributed by atoms with van der Waals surface area (Å²) in [5.74, 6) is 0.0197. The monoisotopic (exact) mass is 483 g/mol. The van der Waals surface area contributed by atoms with Crippen LogP contribution in [0.5, 0.6) is 5.75 Å². The van der Waals surface area contributed by atoms with Crippen molar-refractivity contribution in [2.75, 3.05) is 0 Å². The average Bonchev–Trinajstić information content (AvgIpc) is 2.68. The van der Waals surface area contributed by atoms with E-state index in [2.05, 4.69) is 36.9 Å². The molecule has 5 heteroatoms. The van der Waals surface area contributed by atoms with E-state index in [4.69, 9.17) is 4.74 Å². The fraction of sp³-hybridized carbons (Fsp3) is 0. The summed E-state index contributed by atoms with van der Waals surface area (Å²) in [6, 6.07) is 22.6. The number of halogens is 2. The summed E-state index contributed by atoms with van der Waals surface area (Å²) in [7, 11) is 0. The number of esters is 1. The van der Waals surface area contributed by atoms with Gasteiger partial charge in [0.25, 0.3) is 0 Å². The molecule has 3 aromatic carbocycles. The molecule has 0 atom stereocenters. The third-order valence-corrected chi connectivity index (χ3v) is 4.65. The van der Waals surface area contributed by atoms with Gasteiger partial charge in [-0.1, -0.05) is 56.1 Å². The van der Waals surface area contributed by atoms with Gasteiger partial charge in [0.05, 0.1) is 5.69 Å². The zero-order valence-electron chi connectivity index (χ0n) is 14.2. The van der Waals surface area contributed by atoms with Crippen molar-refractivity contribution >= 4 is 55.8 Å². The van der Waals surface area contributed by atoms with Crippen LogP contribution >= 0.6 is 31.9 Å². The Morgan fingerprint density at radius 2 is 1.48 bits per heavy atom. The summed E-state index contributed by atoms with van der Waals surface area (Å²) in [5, 5.41) is 0. The number of para-hydroxylation sites is 1. The number of nitrogens with zero attached hydrogens (tertiary/aromatic N) is 1. The van der Waals surface area contributed by atoms with Gasteiger partial charge in [-0.2, -0.15) is 0 Å². The minimum absolute atomic E-state index is 0.442. The molecule has 27 heavy (non-hydrogen) atoms. The van der Waals surface area contributed by atoms with Crippen LogP contribution in [-0.2, 0) is 4.79 Å². The predicted octanol–water partition coefficient (Wildman–Crippen LogP) is 6.58. The summed E-state index contributed by atoms with van der Waals surface area (Å²) in [6.45, 7) is 0. The molecule has 0 N–H and O–H groups in total. The molecule has 0 radical (unpaired) electrons. The second kappa shape index (κ2) is 9.44. The maximum atomic E-state index is 12.1. The second-order valence-corrected chi connectivity index (χ2v) is 7.41. The lowest BCUT2D eigenvalue weighted by atomic mass is 10.2. The predicted molar refractivity (Wildman–Crippen MR) is 117 cm³/mol. The van der Waals surface area contributed by atoms with Gasteiger partial charge in [-0.15, -0.1) is 0 Å². The molecule has 0 aromatic heterocycles. The quantitative estimate of drug-likeness (QED) is 0.177. The van der Waals surface area contributed by atoms with Crippen LogP contribution in [0.3, 0.4) is 0 Å². The van der Waals surface area contributed by atoms with Crippen molar-refractivity contribution < 1.29 is 9.53 Å². The molecule has 134 valence electrons. The zero-order valence-corrected chi connectivity index (χ0v) is 17.4. The second-order valence-electron chi connectivity index (χ2n) is 5.58. The van der Waals surface area contributed by atoms with Gasteiger partial charge >= 0.3 is 5.97 Å². The van der Waals surface area contributed by atoms with E-state index in [0.717, 1.165) is 25.8 Å². The molecule has 3 nitrogen and oxygen atoms in total. The van der Waals surface area contributed by atoms with E-state index < -0.39 is 5.97 Å². The molecule has 0 aliphatic heterocycles. The van der Waals surface area contributed by atoms with Crippen LogP contribution < -0.4 is 4.74 Å². The fourth-order valence-corrected chi connectivity index (χ4v) is 2.76. The number of rotatable bonds is 5. The lowest BCUT2D eigenvalue weighted by Gasteiger charge is -2.05. The Labute approximate surface area is 174 Å². The largest absolute Gasteiger partial charge is 0.423 e. The number of hydrogen-bond donors (Lipinski definition) is 0. The highest BCUT2D eigenvalue weighted by Crippen LogP contribution is 2.20. The van der Waals surface area contributed by atoms with E-state index in [9.17, 15) is 4.79 Å². The van der Waals surface area contributed by atoms with Crippen molar-refractivity contribution in [3.63, 3.8) is 0 Å². The van der Waals surface area contributed by atoms with Crippen LogP contribution in [0, 0.1) is 0 Å². The topological polar surface area (TPSA) is 38.7 Å². The fourth-order valence-electron chi connectivity index (χ4n) is 2.23. The minimum Gasteiger partial charge on any atom is -0.423 e. The van der Waals surface area contributed by atoms with Crippen LogP contribution in [-0.4, -0.2) is 12.2 Å². The van der Waals surface area contributed by atoms with Gasteiger partial charge in [-0.25, -0.2) is 4.79 Å². The molecule has 0 spiro atoms. The Kier molecular flexibility index (Phi) is 6.74. The van der Waals surface area contributed by atoms with Crippen LogP contribution in [0.2, 0.25) is 0 Å². The van der Waals surface area contributed by atoms with Gasteiger partial charge in [0.1, 0.15) is 5.75 Å². The minimum atomic E-state index is -0.442. The number of carbonyl (C=O) groups excluding carboxylic acids is 1. The van der Waals surface area contributed by atoms with Gasteiger partial charge in [-0.05, 0) is 60.2 Å². The lowest BCUT2D eigenvalue weighted by Crippen LogP contribution is -2.05. The average molecular weight is 485 g/mol. The summed E-state index contributed by atoms with van der Waals surface area (Å²) < 4.78 is 7.45. The summed E-state index contributed by atoms with van der Waals surface area (Å²) >= 11 is 6.78. The van der Waals surface area contributed by atoms with E-state index in [1.807, 2.05) is 66.7 Å². The van der Waals surface area contributed by atoms with Gasteiger partial charge in [0.15, 0.2) is 0 Å². The SMILES string of the molecule is O=C(/C=C/c1ccc(Br)cc1)Oc1ccccc1C=Nc1ccc(Br)cc1. The normalized spacial score (nSPS) is 11.2. The van der Waals surface area contributed by atoms with Gasteiger partial charge in [-0.3, -0.25) is 4.99 Å². The summed E-state index contributed by atoms with van der Waals surface area (Å²) in [6.07, 6.45) is 4.81. The summed E-state index contributed by atoms with van der Waals surface area (Å²) in [4.78, 5) is 16.6. The van der Waals surface area contributed by atoms with Crippen molar-refractivity contribution in [1.29, 1.82) is 0 Å². The molecule has 0 fully saturated rings. The Morgan fingerprint density at radius 3 is 2.19 bits per heavy atom. The highest BCUT2D eigenvalue weighted by atomic mass is 79.9. The molecule has 0 unspecified atom stereocenters. The van der Waals surface area contributed by atoms with Crippen LogP contribution in [0.15, 0.2) is 92.8 Å². The molecule has 0 saturated heterocycles. The van der Waals surface area contributed by atoms with Crippen molar-refractivity contribution in [1.82, 2.24) is 0 Å². The third kappa shape index (κ3) is 6.01. The molecule has 0 bridgehead atoms. The lowest BCUT2D eigenvalue weighted by molar-refractivity contribution is -0.128. The molecular formula is C22H15Br2NO2.